The lowest BCUT2D eigenvalue weighted by Gasteiger charge is -2.32. The SMILES string of the molecule is CC(C)NC(=O)[C@H](Cc1ccccc1)N(Cc1ccccc1Cl)C(=O)CSc1ccccc1. The van der Waals surface area contributed by atoms with Crippen molar-refractivity contribution >= 4 is 35.2 Å². The van der Waals surface area contributed by atoms with E-state index >= 15 is 0 Å². The van der Waals surface area contributed by atoms with E-state index < -0.39 is 6.04 Å². The van der Waals surface area contributed by atoms with Gasteiger partial charge in [0.2, 0.25) is 11.8 Å². The molecule has 3 rings (SSSR count). The van der Waals surface area contributed by atoms with E-state index in [1.165, 1.54) is 11.8 Å². The van der Waals surface area contributed by atoms with Gasteiger partial charge in [-0.3, -0.25) is 9.59 Å². The lowest BCUT2D eigenvalue weighted by Crippen LogP contribution is -2.52. The summed E-state index contributed by atoms with van der Waals surface area (Å²) in [5, 5.41) is 3.58. The van der Waals surface area contributed by atoms with E-state index in [2.05, 4.69) is 5.32 Å². The first-order chi connectivity index (χ1) is 15.9. The highest BCUT2D eigenvalue weighted by Gasteiger charge is 2.31. The maximum atomic E-state index is 13.5. The van der Waals surface area contributed by atoms with Crippen molar-refractivity contribution in [2.24, 2.45) is 0 Å². The summed E-state index contributed by atoms with van der Waals surface area (Å²) >= 11 is 7.90. The first-order valence-corrected chi connectivity index (χ1v) is 12.4. The van der Waals surface area contributed by atoms with Crippen LogP contribution in [0.4, 0.5) is 0 Å². The Morgan fingerprint density at radius 2 is 1.52 bits per heavy atom. The summed E-state index contributed by atoms with van der Waals surface area (Å²) in [6.07, 6.45) is 0.422. The predicted molar refractivity (Wildman–Crippen MR) is 136 cm³/mol. The van der Waals surface area contributed by atoms with Gasteiger partial charge in [-0.25, -0.2) is 0 Å². The van der Waals surface area contributed by atoms with Gasteiger partial charge < -0.3 is 10.2 Å². The van der Waals surface area contributed by atoms with Crippen LogP contribution in [-0.2, 0) is 22.6 Å². The van der Waals surface area contributed by atoms with Gasteiger partial charge >= 0.3 is 0 Å². The molecule has 0 aliphatic heterocycles. The van der Waals surface area contributed by atoms with Crippen LogP contribution < -0.4 is 5.32 Å². The molecular weight excluding hydrogens is 452 g/mol. The largest absolute Gasteiger partial charge is 0.352 e. The maximum absolute atomic E-state index is 13.5. The molecule has 0 bridgehead atoms. The molecule has 0 spiro atoms. The van der Waals surface area contributed by atoms with Gasteiger partial charge in [-0.15, -0.1) is 11.8 Å². The molecule has 0 aliphatic carbocycles. The van der Waals surface area contributed by atoms with E-state index in [0.717, 1.165) is 16.0 Å². The quantitative estimate of drug-likeness (QED) is 0.384. The van der Waals surface area contributed by atoms with Crippen molar-refractivity contribution in [1.29, 1.82) is 0 Å². The molecule has 0 saturated carbocycles. The molecule has 3 aromatic carbocycles. The minimum absolute atomic E-state index is 0.0354. The molecule has 4 nitrogen and oxygen atoms in total. The summed E-state index contributed by atoms with van der Waals surface area (Å²) in [7, 11) is 0. The summed E-state index contributed by atoms with van der Waals surface area (Å²) in [6, 6.07) is 26.3. The molecule has 33 heavy (non-hydrogen) atoms. The highest BCUT2D eigenvalue weighted by atomic mass is 35.5. The fourth-order valence-electron chi connectivity index (χ4n) is 3.49. The van der Waals surface area contributed by atoms with E-state index in [9.17, 15) is 9.59 Å². The standard InChI is InChI=1S/C27H29ClN2O2S/c1-20(2)29-27(32)25(17-21-11-5-3-6-12-21)30(18-22-13-9-10-16-24(22)28)26(31)19-33-23-14-7-4-8-15-23/h3-16,20,25H,17-19H2,1-2H3,(H,29,32)/t25-/m0/s1. The van der Waals surface area contributed by atoms with E-state index in [1.54, 1.807) is 11.0 Å². The Morgan fingerprint density at radius 3 is 2.15 bits per heavy atom. The van der Waals surface area contributed by atoms with E-state index in [0.29, 0.717) is 11.4 Å². The van der Waals surface area contributed by atoms with Crippen molar-refractivity contribution in [3.8, 4) is 0 Å². The van der Waals surface area contributed by atoms with Crippen molar-refractivity contribution in [2.75, 3.05) is 5.75 Å². The fraction of sp³-hybridized carbons (Fsp3) is 0.259. The fourth-order valence-corrected chi connectivity index (χ4v) is 4.49. The number of halogens is 1. The Hall–Kier alpha value is -2.76. The van der Waals surface area contributed by atoms with Crippen LogP contribution in [-0.4, -0.2) is 34.6 Å². The van der Waals surface area contributed by atoms with E-state index in [-0.39, 0.29) is 30.2 Å². The second-order valence-electron chi connectivity index (χ2n) is 8.08. The summed E-state index contributed by atoms with van der Waals surface area (Å²) < 4.78 is 0. The maximum Gasteiger partial charge on any atom is 0.243 e. The molecule has 0 aliphatic rings. The van der Waals surface area contributed by atoms with Crippen LogP contribution in [0.2, 0.25) is 5.02 Å². The summed E-state index contributed by atoms with van der Waals surface area (Å²) in [6.45, 7) is 4.10. The number of thioether (sulfide) groups is 1. The third kappa shape index (κ3) is 7.65. The van der Waals surface area contributed by atoms with Crippen LogP contribution in [0.1, 0.15) is 25.0 Å². The first-order valence-electron chi connectivity index (χ1n) is 11.0. The third-order valence-corrected chi connectivity index (χ3v) is 6.47. The van der Waals surface area contributed by atoms with Gasteiger partial charge in [0, 0.05) is 28.9 Å². The zero-order valence-corrected chi connectivity index (χ0v) is 20.5. The normalized spacial score (nSPS) is 11.8. The molecule has 3 aromatic rings. The van der Waals surface area contributed by atoms with Gasteiger partial charge in [-0.1, -0.05) is 78.3 Å². The number of nitrogens with zero attached hydrogens (tertiary/aromatic N) is 1. The van der Waals surface area contributed by atoms with Crippen LogP contribution in [0.15, 0.2) is 89.8 Å². The average molecular weight is 481 g/mol. The number of hydrogen-bond acceptors (Lipinski definition) is 3. The molecule has 0 saturated heterocycles. The third-order valence-electron chi connectivity index (χ3n) is 5.11. The van der Waals surface area contributed by atoms with Crippen LogP contribution in [0.5, 0.6) is 0 Å². The Balaban J connectivity index is 1.91. The number of carbonyl (C=O) groups is 2. The summed E-state index contributed by atoms with van der Waals surface area (Å²) in [5.74, 6) is -0.0445. The Labute approximate surface area is 205 Å². The van der Waals surface area contributed by atoms with Gasteiger partial charge in [0.05, 0.1) is 5.75 Å². The molecule has 0 aromatic heterocycles. The lowest BCUT2D eigenvalue weighted by molar-refractivity contribution is -0.139. The second-order valence-corrected chi connectivity index (χ2v) is 9.54. The van der Waals surface area contributed by atoms with Crippen molar-refractivity contribution in [1.82, 2.24) is 10.2 Å². The van der Waals surface area contributed by atoms with Gasteiger partial charge in [0.25, 0.3) is 0 Å². The van der Waals surface area contributed by atoms with Gasteiger partial charge in [0.15, 0.2) is 0 Å². The molecule has 0 heterocycles. The highest BCUT2D eigenvalue weighted by Crippen LogP contribution is 2.23. The molecular formula is C27H29ClN2O2S. The number of carbonyl (C=O) groups excluding carboxylic acids is 2. The highest BCUT2D eigenvalue weighted by molar-refractivity contribution is 8.00. The Morgan fingerprint density at radius 1 is 0.909 bits per heavy atom. The first kappa shape index (κ1) is 24.9. The van der Waals surface area contributed by atoms with Crippen LogP contribution in [0.25, 0.3) is 0 Å². The summed E-state index contributed by atoms with van der Waals surface area (Å²) in [5.41, 5.74) is 1.81. The molecule has 0 unspecified atom stereocenters. The van der Waals surface area contributed by atoms with Gasteiger partial charge in [-0.2, -0.15) is 0 Å². The molecule has 172 valence electrons. The summed E-state index contributed by atoms with van der Waals surface area (Å²) in [4.78, 5) is 29.5. The minimum atomic E-state index is -0.657. The monoisotopic (exact) mass is 480 g/mol. The number of amides is 2. The van der Waals surface area contributed by atoms with Crippen LogP contribution in [0.3, 0.4) is 0 Å². The molecule has 6 heteroatoms. The lowest BCUT2D eigenvalue weighted by atomic mass is 10.0. The van der Waals surface area contributed by atoms with Crippen molar-refractivity contribution < 1.29 is 9.59 Å². The topological polar surface area (TPSA) is 49.4 Å². The van der Waals surface area contributed by atoms with Gasteiger partial charge in [-0.05, 0) is 43.2 Å². The number of nitrogens with one attached hydrogen (secondary N) is 1. The van der Waals surface area contributed by atoms with Crippen molar-refractivity contribution in [3.05, 3.63) is 101 Å². The Bertz CT molecular complexity index is 1040. The van der Waals surface area contributed by atoms with Crippen LogP contribution in [0, 0.1) is 0 Å². The van der Waals surface area contributed by atoms with Gasteiger partial charge in [0.1, 0.15) is 6.04 Å². The molecule has 1 N–H and O–H groups in total. The number of hydrogen-bond donors (Lipinski definition) is 1. The number of benzene rings is 3. The predicted octanol–water partition coefficient (Wildman–Crippen LogP) is 5.60. The van der Waals surface area contributed by atoms with Crippen molar-refractivity contribution in [2.45, 2.75) is 43.8 Å². The minimum Gasteiger partial charge on any atom is -0.352 e. The zero-order valence-electron chi connectivity index (χ0n) is 18.9. The zero-order chi connectivity index (χ0) is 23.6. The smallest absolute Gasteiger partial charge is 0.243 e. The number of rotatable bonds is 10. The molecule has 1 atom stereocenters. The molecule has 0 fully saturated rings. The molecule has 2 amide bonds. The molecule has 0 radical (unpaired) electrons. The van der Waals surface area contributed by atoms with E-state index in [4.69, 9.17) is 11.6 Å². The van der Waals surface area contributed by atoms with Crippen molar-refractivity contribution in [3.63, 3.8) is 0 Å². The van der Waals surface area contributed by atoms with E-state index in [1.807, 2.05) is 92.7 Å². The van der Waals surface area contributed by atoms with Crippen LogP contribution >= 0.6 is 23.4 Å². The Kier molecular flexibility index (Phi) is 9.40. The second kappa shape index (κ2) is 12.5. The average Bonchev–Trinajstić information content (AvgIpc) is 2.81.